The second-order valence-corrected chi connectivity index (χ2v) is 8.91. The maximum absolute atomic E-state index is 12.9. The number of carbonyl (C=O) groups excluding carboxylic acids is 3. The molecule has 3 amide bonds. The average molecular weight is 496 g/mol. The van der Waals surface area contributed by atoms with Gasteiger partial charge in [0.1, 0.15) is 12.3 Å². The summed E-state index contributed by atoms with van der Waals surface area (Å²) in [6.45, 7) is 3.98. The van der Waals surface area contributed by atoms with E-state index >= 15 is 0 Å². The van der Waals surface area contributed by atoms with Crippen molar-refractivity contribution >= 4 is 52.2 Å². The van der Waals surface area contributed by atoms with E-state index in [1.807, 2.05) is 54.9 Å². The minimum Gasteiger partial charge on any atom is -0.494 e. The molecule has 0 aliphatic carbocycles. The highest BCUT2D eigenvalue weighted by Crippen LogP contribution is 2.33. The number of imide groups is 1. The lowest BCUT2D eigenvalue weighted by molar-refractivity contribution is -0.127. The monoisotopic (exact) mass is 495 g/mol. The molecule has 1 aliphatic rings. The third kappa shape index (κ3) is 5.18. The first-order valence-electron chi connectivity index (χ1n) is 10.6. The van der Waals surface area contributed by atoms with Gasteiger partial charge in [-0.25, -0.2) is 0 Å². The van der Waals surface area contributed by atoms with Gasteiger partial charge >= 0.3 is 0 Å². The van der Waals surface area contributed by atoms with Gasteiger partial charge in [-0.2, -0.15) is 0 Å². The molecular weight excluding hydrogens is 474 g/mol. The minimum absolute atomic E-state index is 0.247. The maximum Gasteiger partial charge on any atom is 0.294 e. The van der Waals surface area contributed by atoms with Crippen LogP contribution in [0.3, 0.4) is 0 Å². The summed E-state index contributed by atoms with van der Waals surface area (Å²) < 4.78 is 7.25. The van der Waals surface area contributed by atoms with Crippen LogP contribution in [0.1, 0.15) is 18.2 Å². The van der Waals surface area contributed by atoms with Crippen LogP contribution in [0.4, 0.5) is 10.5 Å². The van der Waals surface area contributed by atoms with Crippen molar-refractivity contribution in [2.24, 2.45) is 0 Å². The van der Waals surface area contributed by atoms with E-state index < -0.39 is 17.1 Å². The molecule has 7 nitrogen and oxygen atoms in total. The number of nitrogens with zero attached hydrogens (tertiary/aromatic N) is 2. The molecule has 0 radical (unpaired) electrons. The zero-order chi connectivity index (χ0) is 24.2. The molecule has 3 aromatic rings. The average Bonchev–Trinajstić information content (AvgIpc) is 3.37. The van der Waals surface area contributed by atoms with Crippen LogP contribution < -0.4 is 10.1 Å². The Morgan fingerprint density at radius 2 is 1.91 bits per heavy atom. The van der Waals surface area contributed by atoms with E-state index in [4.69, 9.17) is 16.3 Å². The molecule has 2 aromatic carbocycles. The molecule has 4 rings (SSSR count). The molecule has 0 spiro atoms. The Morgan fingerprint density at radius 3 is 2.62 bits per heavy atom. The fraction of sp³-hybridized carbons (Fsp3) is 0.160. The van der Waals surface area contributed by atoms with Crippen LogP contribution in [0.5, 0.6) is 5.75 Å². The van der Waals surface area contributed by atoms with Crippen molar-refractivity contribution in [1.29, 1.82) is 0 Å². The van der Waals surface area contributed by atoms with Gasteiger partial charge in [-0.15, -0.1) is 0 Å². The first kappa shape index (κ1) is 23.7. The SMILES string of the molecule is CCOc1ccc(NC(=O)CN2C(=O)S/C(=C/c3cccn3-c3ccc(C)c(Cl)c3)C2=O)cc1. The van der Waals surface area contributed by atoms with Crippen LogP contribution in [0.25, 0.3) is 11.8 Å². The van der Waals surface area contributed by atoms with E-state index in [1.54, 1.807) is 30.3 Å². The summed E-state index contributed by atoms with van der Waals surface area (Å²) in [4.78, 5) is 39.0. The minimum atomic E-state index is -0.508. The van der Waals surface area contributed by atoms with Crippen LogP contribution in [0, 0.1) is 6.92 Å². The lowest BCUT2D eigenvalue weighted by atomic mass is 10.2. The third-order valence-electron chi connectivity index (χ3n) is 5.12. The number of benzene rings is 2. The molecule has 1 N–H and O–H groups in total. The van der Waals surface area contributed by atoms with Crippen LogP contribution in [-0.4, -0.2) is 39.7 Å². The number of hydrogen-bond donors (Lipinski definition) is 1. The molecule has 1 aromatic heterocycles. The summed E-state index contributed by atoms with van der Waals surface area (Å²) in [5.41, 5.74) is 3.05. The van der Waals surface area contributed by atoms with Gasteiger partial charge < -0.3 is 14.6 Å². The van der Waals surface area contributed by atoms with Gasteiger partial charge in [-0.3, -0.25) is 19.3 Å². The second-order valence-electron chi connectivity index (χ2n) is 7.51. The van der Waals surface area contributed by atoms with E-state index in [9.17, 15) is 14.4 Å². The van der Waals surface area contributed by atoms with E-state index in [1.165, 1.54) is 0 Å². The molecule has 0 bridgehead atoms. The number of carbonyl (C=O) groups is 3. The van der Waals surface area contributed by atoms with Crippen molar-refractivity contribution < 1.29 is 19.1 Å². The summed E-state index contributed by atoms with van der Waals surface area (Å²) in [6.07, 6.45) is 3.49. The van der Waals surface area contributed by atoms with Crippen LogP contribution in [-0.2, 0) is 9.59 Å². The fourth-order valence-corrected chi connectivity index (χ4v) is 4.39. The molecule has 1 saturated heterocycles. The molecule has 34 heavy (non-hydrogen) atoms. The highest BCUT2D eigenvalue weighted by Gasteiger charge is 2.36. The first-order valence-corrected chi connectivity index (χ1v) is 11.8. The highest BCUT2D eigenvalue weighted by atomic mass is 35.5. The number of ether oxygens (including phenoxy) is 1. The number of amides is 3. The molecule has 1 aliphatic heterocycles. The van der Waals surface area contributed by atoms with Crippen LogP contribution >= 0.6 is 23.4 Å². The molecule has 0 saturated carbocycles. The maximum atomic E-state index is 12.9. The Kier molecular flexibility index (Phi) is 7.09. The molecular formula is C25H22ClN3O4S. The summed E-state index contributed by atoms with van der Waals surface area (Å²) in [5, 5.41) is 2.84. The Morgan fingerprint density at radius 1 is 1.15 bits per heavy atom. The Balaban J connectivity index is 1.46. The lowest BCUT2D eigenvalue weighted by Crippen LogP contribution is -2.36. The number of nitrogens with one attached hydrogen (secondary N) is 1. The van der Waals surface area contributed by atoms with Crippen molar-refractivity contribution in [3.8, 4) is 11.4 Å². The van der Waals surface area contributed by atoms with Crippen LogP contribution in [0.2, 0.25) is 5.02 Å². The second kappa shape index (κ2) is 10.2. The van der Waals surface area contributed by atoms with Gasteiger partial charge in [0.15, 0.2) is 0 Å². The van der Waals surface area contributed by atoms with Crippen LogP contribution in [0.15, 0.2) is 65.7 Å². The topological polar surface area (TPSA) is 80.6 Å². The van der Waals surface area contributed by atoms with Gasteiger partial charge in [0, 0.05) is 28.3 Å². The summed E-state index contributed by atoms with van der Waals surface area (Å²) in [7, 11) is 0. The summed E-state index contributed by atoms with van der Waals surface area (Å²) >= 11 is 7.07. The van der Waals surface area contributed by atoms with E-state index in [0.717, 1.165) is 27.9 Å². The number of hydrogen-bond acceptors (Lipinski definition) is 5. The van der Waals surface area contributed by atoms with Crippen molar-refractivity contribution in [2.45, 2.75) is 13.8 Å². The largest absolute Gasteiger partial charge is 0.494 e. The highest BCUT2D eigenvalue weighted by molar-refractivity contribution is 8.18. The molecule has 174 valence electrons. The lowest BCUT2D eigenvalue weighted by Gasteiger charge is -2.13. The molecule has 9 heteroatoms. The first-order chi connectivity index (χ1) is 16.4. The standard InChI is InChI=1S/C25H22ClN3O4S/c1-3-33-20-10-7-17(8-11-20)27-23(30)15-29-24(31)22(34-25(29)32)14-18-5-4-12-28(18)19-9-6-16(2)21(26)13-19/h4-14H,3,15H2,1-2H3,(H,27,30)/b22-14+. The van der Waals surface area contributed by atoms with Gasteiger partial charge in [0.25, 0.3) is 11.1 Å². The normalized spacial score (nSPS) is 14.7. The predicted octanol–water partition coefficient (Wildman–Crippen LogP) is 5.51. The smallest absolute Gasteiger partial charge is 0.294 e. The molecule has 2 heterocycles. The Bertz CT molecular complexity index is 1280. The Labute approximate surface area is 206 Å². The van der Waals surface area contributed by atoms with Crippen molar-refractivity contribution in [3.63, 3.8) is 0 Å². The van der Waals surface area contributed by atoms with Crippen molar-refractivity contribution in [3.05, 3.63) is 82.0 Å². The quantitative estimate of drug-likeness (QED) is 0.437. The number of aromatic nitrogens is 1. The molecule has 1 fully saturated rings. The summed E-state index contributed by atoms with van der Waals surface area (Å²) in [6, 6.07) is 16.2. The van der Waals surface area contributed by atoms with E-state index in [-0.39, 0.29) is 11.4 Å². The van der Waals surface area contributed by atoms with E-state index in [0.29, 0.717) is 28.8 Å². The number of thioether (sulfide) groups is 1. The zero-order valence-corrected chi connectivity index (χ0v) is 20.2. The molecule has 0 atom stereocenters. The van der Waals surface area contributed by atoms with Gasteiger partial charge in [0.05, 0.1) is 11.5 Å². The fourth-order valence-electron chi connectivity index (χ4n) is 3.39. The number of halogens is 1. The Hall–Kier alpha value is -3.49. The predicted molar refractivity (Wildman–Crippen MR) is 134 cm³/mol. The van der Waals surface area contributed by atoms with Crippen molar-refractivity contribution in [1.82, 2.24) is 9.47 Å². The zero-order valence-electron chi connectivity index (χ0n) is 18.6. The van der Waals surface area contributed by atoms with Gasteiger partial charge in [-0.1, -0.05) is 17.7 Å². The molecule has 0 unspecified atom stereocenters. The number of anilines is 1. The van der Waals surface area contributed by atoms with E-state index in [2.05, 4.69) is 5.32 Å². The third-order valence-corrected chi connectivity index (χ3v) is 6.43. The summed E-state index contributed by atoms with van der Waals surface area (Å²) in [5.74, 6) is -0.286. The van der Waals surface area contributed by atoms with Crippen molar-refractivity contribution in [2.75, 3.05) is 18.5 Å². The number of aryl methyl sites for hydroxylation is 1. The van der Waals surface area contributed by atoms with Gasteiger partial charge in [0.2, 0.25) is 5.91 Å². The number of rotatable bonds is 7. The van der Waals surface area contributed by atoms with Gasteiger partial charge in [-0.05, 0) is 85.8 Å².